The van der Waals surface area contributed by atoms with Gasteiger partial charge in [0.05, 0.1) is 0 Å². The number of aliphatic hydroxyl groups is 1. The molecule has 2 rings (SSSR count). The number of hydrogen-bond acceptors (Lipinski definition) is 3. The number of nitrogens with two attached hydrogens (primary N) is 1. The first-order valence-electron chi connectivity index (χ1n) is 4.76. The fourth-order valence-corrected chi connectivity index (χ4v) is 2.43. The van der Waals surface area contributed by atoms with Crippen LogP contribution in [0.3, 0.4) is 0 Å². The molecule has 1 aromatic carbocycles. The zero-order valence-corrected chi connectivity index (χ0v) is 9.29. The molecule has 1 heterocycles. The number of anilines is 1. The number of aliphatic hydroxyl groups excluding tert-OH is 1. The Bertz CT molecular complexity index is 447. The maximum atomic E-state index is 10.1. The lowest BCUT2D eigenvalue weighted by atomic mass is 10.1. The molecule has 0 aliphatic rings. The van der Waals surface area contributed by atoms with Crippen molar-refractivity contribution in [3.63, 3.8) is 0 Å². The van der Waals surface area contributed by atoms with Crippen LogP contribution in [0.1, 0.15) is 22.1 Å². The molecule has 0 saturated carbocycles. The molecule has 15 heavy (non-hydrogen) atoms. The summed E-state index contributed by atoms with van der Waals surface area (Å²) in [6, 6.07) is 9.35. The average molecular weight is 219 g/mol. The lowest BCUT2D eigenvalue weighted by Gasteiger charge is -2.10. The molecule has 3 heteroatoms. The van der Waals surface area contributed by atoms with Gasteiger partial charge in [-0.3, -0.25) is 0 Å². The second-order valence-electron chi connectivity index (χ2n) is 3.54. The van der Waals surface area contributed by atoms with E-state index in [1.807, 2.05) is 42.6 Å². The van der Waals surface area contributed by atoms with Crippen molar-refractivity contribution >= 4 is 17.0 Å². The molecule has 3 N–H and O–H groups in total. The van der Waals surface area contributed by atoms with Gasteiger partial charge in [-0.15, -0.1) is 11.3 Å². The van der Waals surface area contributed by atoms with Crippen LogP contribution in [-0.4, -0.2) is 5.11 Å². The van der Waals surface area contributed by atoms with Crippen molar-refractivity contribution in [1.29, 1.82) is 0 Å². The van der Waals surface area contributed by atoms with E-state index in [0.29, 0.717) is 5.69 Å². The molecule has 0 aliphatic carbocycles. The number of thiophene rings is 1. The molecular formula is C12H13NOS. The Balaban J connectivity index is 2.32. The van der Waals surface area contributed by atoms with Gasteiger partial charge in [0.1, 0.15) is 6.10 Å². The second kappa shape index (κ2) is 4.04. The molecule has 78 valence electrons. The van der Waals surface area contributed by atoms with Gasteiger partial charge in [-0.2, -0.15) is 0 Å². The highest BCUT2D eigenvalue weighted by molar-refractivity contribution is 7.10. The summed E-state index contributed by atoms with van der Waals surface area (Å²) in [5.74, 6) is 0. The second-order valence-corrected chi connectivity index (χ2v) is 4.48. The van der Waals surface area contributed by atoms with Gasteiger partial charge in [-0.1, -0.05) is 12.1 Å². The molecule has 0 saturated heterocycles. The monoisotopic (exact) mass is 219 g/mol. The average Bonchev–Trinajstić information content (AvgIpc) is 2.65. The highest BCUT2D eigenvalue weighted by Crippen LogP contribution is 2.29. The SMILES string of the molecule is Cc1ccsc1C(O)c1ccc(N)cc1. The number of aryl methyl sites for hydroxylation is 1. The molecule has 0 fully saturated rings. The molecular weight excluding hydrogens is 206 g/mol. The maximum absolute atomic E-state index is 10.1. The highest BCUT2D eigenvalue weighted by atomic mass is 32.1. The summed E-state index contributed by atoms with van der Waals surface area (Å²) in [6.45, 7) is 2.01. The van der Waals surface area contributed by atoms with Gasteiger partial charge in [0.25, 0.3) is 0 Å². The van der Waals surface area contributed by atoms with Crippen molar-refractivity contribution in [2.24, 2.45) is 0 Å². The van der Waals surface area contributed by atoms with Crippen LogP contribution in [0.25, 0.3) is 0 Å². The van der Waals surface area contributed by atoms with E-state index >= 15 is 0 Å². The molecule has 0 spiro atoms. The quantitative estimate of drug-likeness (QED) is 0.763. The van der Waals surface area contributed by atoms with Crippen molar-refractivity contribution in [1.82, 2.24) is 0 Å². The molecule has 0 bridgehead atoms. The van der Waals surface area contributed by atoms with E-state index < -0.39 is 6.10 Å². The van der Waals surface area contributed by atoms with Crippen molar-refractivity contribution in [3.8, 4) is 0 Å². The zero-order chi connectivity index (χ0) is 10.8. The predicted molar refractivity (Wildman–Crippen MR) is 64.0 cm³/mol. The van der Waals surface area contributed by atoms with Crippen LogP contribution < -0.4 is 5.73 Å². The molecule has 1 unspecified atom stereocenters. The van der Waals surface area contributed by atoms with Crippen molar-refractivity contribution < 1.29 is 5.11 Å². The molecule has 1 atom stereocenters. The van der Waals surface area contributed by atoms with E-state index in [-0.39, 0.29) is 0 Å². The third kappa shape index (κ3) is 2.03. The number of benzene rings is 1. The van der Waals surface area contributed by atoms with Crippen molar-refractivity contribution in [3.05, 3.63) is 51.7 Å². The Morgan fingerprint density at radius 2 is 1.87 bits per heavy atom. The standard InChI is InChI=1S/C12H13NOS/c1-8-6-7-15-12(8)11(14)9-2-4-10(13)5-3-9/h2-7,11,14H,13H2,1H3. The third-order valence-electron chi connectivity index (χ3n) is 2.40. The normalized spacial score (nSPS) is 12.7. The van der Waals surface area contributed by atoms with Crippen molar-refractivity contribution in [2.75, 3.05) is 5.73 Å². The smallest absolute Gasteiger partial charge is 0.113 e. The number of rotatable bonds is 2. The highest BCUT2D eigenvalue weighted by Gasteiger charge is 2.13. The van der Waals surface area contributed by atoms with E-state index in [4.69, 9.17) is 5.73 Å². The summed E-state index contributed by atoms with van der Waals surface area (Å²) in [5, 5.41) is 12.1. The lowest BCUT2D eigenvalue weighted by molar-refractivity contribution is 0.223. The van der Waals surface area contributed by atoms with Crippen molar-refractivity contribution in [2.45, 2.75) is 13.0 Å². The Morgan fingerprint density at radius 3 is 2.40 bits per heavy atom. The summed E-state index contributed by atoms with van der Waals surface area (Å²) >= 11 is 1.58. The first-order valence-corrected chi connectivity index (χ1v) is 5.64. The van der Waals surface area contributed by atoms with Gasteiger partial charge >= 0.3 is 0 Å². The van der Waals surface area contributed by atoms with E-state index in [9.17, 15) is 5.11 Å². The van der Waals surface area contributed by atoms with Crippen LogP contribution >= 0.6 is 11.3 Å². The number of nitrogen functional groups attached to an aromatic ring is 1. The van der Waals surface area contributed by atoms with Crippen LogP contribution in [0.15, 0.2) is 35.7 Å². The Hall–Kier alpha value is -1.32. The summed E-state index contributed by atoms with van der Waals surface area (Å²) < 4.78 is 0. The summed E-state index contributed by atoms with van der Waals surface area (Å²) in [6.07, 6.45) is -0.536. The molecule has 1 aromatic heterocycles. The molecule has 2 aromatic rings. The summed E-state index contributed by atoms with van der Waals surface area (Å²) in [5.41, 5.74) is 8.33. The minimum absolute atomic E-state index is 0.536. The van der Waals surface area contributed by atoms with E-state index in [1.165, 1.54) is 0 Å². The molecule has 2 nitrogen and oxygen atoms in total. The largest absolute Gasteiger partial charge is 0.399 e. The molecule has 0 amide bonds. The van der Waals surface area contributed by atoms with Crippen LogP contribution in [0.4, 0.5) is 5.69 Å². The topological polar surface area (TPSA) is 46.2 Å². The first-order chi connectivity index (χ1) is 7.18. The predicted octanol–water partition coefficient (Wildman–Crippen LogP) is 2.72. The summed E-state index contributed by atoms with van der Waals surface area (Å²) in [7, 11) is 0. The first kappa shape index (κ1) is 10.2. The minimum Gasteiger partial charge on any atom is -0.399 e. The lowest BCUT2D eigenvalue weighted by Crippen LogP contribution is -1.98. The van der Waals surface area contributed by atoms with Gasteiger partial charge in [0.2, 0.25) is 0 Å². The van der Waals surface area contributed by atoms with Gasteiger partial charge in [0, 0.05) is 10.6 Å². The Labute approximate surface area is 93.0 Å². The van der Waals surface area contributed by atoms with E-state index in [1.54, 1.807) is 11.3 Å². The summed E-state index contributed by atoms with van der Waals surface area (Å²) in [4.78, 5) is 1.000. The van der Waals surface area contributed by atoms with Crippen LogP contribution in [-0.2, 0) is 0 Å². The number of hydrogen-bond donors (Lipinski definition) is 2. The Kier molecular flexibility index (Phi) is 2.75. The Morgan fingerprint density at radius 1 is 1.20 bits per heavy atom. The minimum atomic E-state index is -0.536. The van der Waals surface area contributed by atoms with Crippen LogP contribution in [0.2, 0.25) is 0 Å². The third-order valence-corrected chi connectivity index (χ3v) is 3.47. The molecule has 0 radical (unpaired) electrons. The van der Waals surface area contributed by atoms with Crippen LogP contribution in [0, 0.1) is 6.92 Å². The van der Waals surface area contributed by atoms with Gasteiger partial charge < -0.3 is 10.8 Å². The maximum Gasteiger partial charge on any atom is 0.113 e. The van der Waals surface area contributed by atoms with E-state index in [2.05, 4.69) is 0 Å². The van der Waals surface area contributed by atoms with Gasteiger partial charge in [-0.25, -0.2) is 0 Å². The fourth-order valence-electron chi connectivity index (χ4n) is 1.49. The van der Waals surface area contributed by atoms with E-state index in [0.717, 1.165) is 16.0 Å². The van der Waals surface area contributed by atoms with Gasteiger partial charge in [0.15, 0.2) is 0 Å². The molecule has 0 aliphatic heterocycles. The fraction of sp³-hybridized carbons (Fsp3) is 0.167. The zero-order valence-electron chi connectivity index (χ0n) is 8.47. The van der Waals surface area contributed by atoms with Gasteiger partial charge in [-0.05, 0) is 41.6 Å². The van der Waals surface area contributed by atoms with Crippen LogP contribution in [0.5, 0.6) is 0 Å².